The number of benzene rings is 2. The van der Waals surface area contributed by atoms with E-state index in [1.54, 1.807) is 17.0 Å². The molecule has 4 rings (SSSR count). The molecule has 6 heteroatoms. The molecule has 1 amide bonds. The number of aliphatic hydroxyl groups excluding tert-OH is 1. The van der Waals surface area contributed by atoms with Gasteiger partial charge in [0, 0.05) is 11.6 Å². The van der Waals surface area contributed by atoms with Gasteiger partial charge in [0.05, 0.1) is 16.6 Å². The van der Waals surface area contributed by atoms with Gasteiger partial charge in [-0.05, 0) is 56.0 Å². The number of amides is 1. The molecule has 0 aromatic heterocycles. The Morgan fingerprint density at radius 1 is 1.07 bits per heavy atom. The smallest absolute Gasteiger partial charge is 0.295 e. The Balaban J connectivity index is 1.94. The maximum Gasteiger partial charge on any atom is 0.295 e. The molecule has 1 aliphatic carbocycles. The van der Waals surface area contributed by atoms with Gasteiger partial charge in [0.2, 0.25) is 0 Å². The summed E-state index contributed by atoms with van der Waals surface area (Å²) in [5.74, 6) is -1.53. The number of phenols is 1. The van der Waals surface area contributed by atoms with Gasteiger partial charge in [-0.1, -0.05) is 48.2 Å². The first-order chi connectivity index (χ1) is 14.3. The SMILES string of the molecule is Cc1ccc(C)c(/C(O)=C2\C(=O)C(=O)N(C3CCCC3)C2c2ccc(O)c(Cl)c2)c1. The van der Waals surface area contributed by atoms with Gasteiger partial charge in [-0.3, -0.25) is 9.59 Å². The normalized spacial score (nSPS) is 21.6. The van der Waals surface area contributed by atoms with Crippen LogP contribution < -0.4 is 0 Å². The molecule has 2 aromatic rings. The summed E-state index contributed by atoms with van der Waals surface area (Å²) >= 11 is 6.15. The second-order valence-electron chi connectivity index (χ2n) is 8.17. The third-order valence-corrected chi connectivity index (χ3v) is 6.44. The number of aromatic hydroxyl groups is 1. The van der Waals surface area contributed by atoms with Gasteiger partial charge in [0.1, 0.15) is 11.5 Å². The van der Waals surface area contributed by atoms with E-state index in [0.29, 0.717) is 11.1 Å². The van der Waals surface area contributed by atoms with Crippen molar-refractivity contribution in [2.45, 2.75) is 51.6 Å². The van der Waals surface area contributed by atoms with E-state index in [-0.39, 0.29) is 28.1 Å². The number of rotatable bonds is 3. The lowest BCUT2D eigenvalue weighted by molar-refractivity contribution is -0.141. The van der Waals surface area contributed by atoms with Crippen LogP contribution in [0.1, 0.15) is 54.0 Å². The average Bonchev–Trinajstić information content (AvgIpc) is 3.32. The second kappa shape index (κ2) is 7.80. The van der Waals surface area contributed by atoms with Crippen LogP contribution in [0.4, 0.5) is 0 Å². The molecule has 1 aliphatic heterocycles. The number of halogens is 1. The van der Waals surface area contributed by atoms with Crippen LogP contribution in [-0.2, 0) is 9.59 Å². The second-order valence-corrected chi connectivity index (χ2v) is 8.58. The molecule has 1 saturated heterocycles. The van der Waals surface area contributed by atoms with Gasteiger partial charge < -0.3 is 15.1 Å². The monoisotopic (exact) mass is 425 g/mol. The van der Waals surface area contributed by atoms with Crippen molar-refractivity contribution < 1.29 is 19.8 Å². The Bertz CT molecular complexity index is 1070. The number of Topliss-reactive ketones (excluding diaryl/α,β-unsaturated/α-hetero) is 1. The number of hydrogen-bond donors (Lipinski definition) is 2. The number of aryl methyl sites for hydroxylation is 2. The van der Waals surface area contributed by atoms with Crippen LogP contribution in [0, 0.1) is 13.8 Å². The molecule has 0 radical (unpaired) electrons. The molecule has 1 heterocycles. The van der Waals surface area contributed by atoms with Crippen molar-refractivity contribution in [1.29, 1.82) is 0 Å². The number of carbonyl (C=O) groups is 2. The summed E-state index contributed by atoms with van der Waals surface area (Å²) in [5, 5.41) is 21.2. The molecule has 2 aromatic carbocycles. The number of nitrogens with zero attached hydrogens (tertiary/aromatic N) is 1. The van der Waals surface area contributed by atoms with Crippen LogP contribution in [0.5, 0.6) is 5.75 Å². The predicted octanol–water partition coefficient (Wildman–Crippen LogP) is 5.03. The summed E-state index contributed by atoms with van der Waals surface area (Å²) in [5.41, 5.74) is 2.96. The summed E-state index contributed by atoms with van der Waals surface area (Å²) in [6.07, 6.45) is 3.62. The van der Waals surface area contributed by atoms with E-state index < -0.39 is 17.7 Å². The number of ketones is 1. The lowest BCUT2D eigenvalue weighted by atomic mass is 9.93. The minimum Gasteiger partial charge on any atom is -0.507 e. The first-order valence-corrected chi connectivity index (χ1v) is 10.5. The Hall–Kier alpha value is -2.79. The fraction of sp³-hybridized carbons (Fsp3) is 0.333. The van der Waals surface area contributed by atoms with E-state index in [9.17, 15) is 19.8 Å². The highest BCUT2D eigenvalue weighted by molar-refractivity contribution is 6.46. The standard InChI is InChI=1S/C24H24ClNO4/c1-13-7-8-14(2)17(11-13)22(28)20-21(15-9-10-19(27)18(25)12-15)26(24(30)23(20)29)16-5-3-4-6-16/h7-12,16,21,27-28H,3-6H2,1-2H3/b22-20+. The molecule has 1 atom stereocenters. The summed E-state index contributed by atoms with van der Waals surface area (Å²) in [7, 11) is 0. The first-order valence-electron chi connectivity index (χ1n) is 10.2. The van der Waals surface area contributed by atoms with E-state index in [1.165, 1.54) is 6.07 Å². The molecule has 2 fully saturated rings. The highest BCUT2D eigenvalue weighted by atomic mass is 35.5. The van der Waals surface area contributed by atoms with Gasteiger partial charge in [-0.15, -0.1) is 0 Å². The van der Waals surface area contributed by atoms with Crippen molar-refractivity contribution in [3.63, 3.8) is 0 Å². The van der Waals surface area contributed by atoms with Crippen molar-refractivity contribution in [2.24, 2.45) is 0 Å². The number of hydrogen-bond acceptors (Lipinski definition) is 4. The number of aliphatic hydroxyl groups is 1. The minimum atomic E-state index is -0.744. The zero-order chi connectivity index (χ0) is 21.6. The van der Waals surface area contributed by atoms with Gasteiger partial charge >= 0.3 is 0 Å². The quantitative estimate of drug-likeness (QED) is 0.411. The van der Waals surface area contributed by atoms with E-state index in [4.69, 9.17) is 11.6 Å². The highest BCUT2D eigenvalue weighted by Crippen LogP contribution is 2.44. The molecule has 0 spiro atoms. The number of phenolic OH excluding ortho intramolecular Hbond substituents is 1. The molecule has 2 aliphatic rings. The lowest BCUT2D eigenvalue weighted by Gasteiger charge is -2.31. The Labute approximate surface area is 180 Å². The van der Waals surface area contributed by atoms with Crippen LogP contribution >= 0.6 is 11.6 Å². The Kier molecular flexibility index (Phi) is 5.33. The van der Waals surface area contributed by atoms with Gasteiger partial charge in [-0.2, -0.15) is 0 Å². The number of carbonyl (C=O) groups excluding carboxylic acids is 2. The van der Waals surface area contributed by atoms with Crippen molar-refractivity contribution in [3.05, 3.63) is 69.2 Å². The van der Waals surface area contributed by atoms with E-state index in [2.05, 4.69) is 0 Å². The summed E-state index contributed by atoms with van der Waals surface area (Å²) < 4.78 is 0. The fourth-order valence-corrected chi connectivity index (χ4v) is 4.75. The van der Waals surface area contributed by atoms with E-state index in [0.717, 1.165) is 36.8 Å². The third kappa shape index (κ3) is 3.37. The molecule has 1 saturated carbocycles. The topological polar surface area (TPSA) is 77.8 Å². The maximum atomic E-state index is 13.1. The molecule has 30 heavy (non-hydrogen) atoms. The van der Waals surface area contributed by atoms with Crippen LogP contribution in [0.15, 0.2) is 42.0 Å². The summed E-state index contributed by atoms with van der Waals surface area (Å²) in [6, 6.07) is 9.47. The molecule has 5 nitrogen and oxygen atoms in total. The van der Waals surface area contributed by atoms with Gasteiger partial charge in [-0.25, -0.2) is 0 Å². The summed E-state index contributed by atoms with van der Waals surface area (Å²) in [4.78, 5) is 27.8. The Morgan fingerprint density at radius 3 is 2.43 bits per heavy atom. The predicted molar refractivity (Wildman–Crippen MR) is 115 cm³/mol. The minimum absolute atomic E-state index is 0.0667. The largest absolute Gasteiger partial charge is 0.507 e. The van der Waals surface area contributed by atoms with E-state index in [1.807, 2.05) is 32.0 Å². The van der Waals surface area contributed by atoms with Crippen molar-refractivity contribution in [2.75, 3.05) is 0 Å². The zero-order valence-electron chi connectivity index (χ0n) is 17.0. The van der Waals surface area contributed by atoms with Gasteiger partial charge in [0.15, 0.2) is 0 Å². The van der Waals surface area contributed by atoms with Crippen molar-refractivity contribution >= 4 is 29.1 Å². The molecular formula is C24H24ClNO4. The number of likely N-dealkylation sites (tertiary alicyclic amines) is 1. The van der Waals surface area contributed by atoms with E-state index >= 15 is 0 Å². The summed E-state index contributed by atoms with van der Waals surface area (Å²) in [6.45, 7) is 3.76. The molecular weight excluding hydrogens is 402 g/mol. The molecule has 1 unspecified atom stereocenters. The van der Waals surface area contributed by atoms with Crippen molar-refractivity contribution in [3.8, 4) is 5.75 Å². The third-order valence-electron chi connectivity index (χ3n) is 6.13. The maximum absolute atomic E-state index is 13.1. The van der Waals surface area contributed by atoms with Gasteiger partial charge in [0.25, 0.3) is 11.7 Å². The molecule has 0 bridgehead atoms. The molecule has 2 N–H and O–H groups in total. The van der Waals surface area contributed by atoms with Crippen LogP contribution in [-0.4, -0.2) is 32.8 Å². The zero-order valence-corrected chi connectivity index (χ0v) is 17.7. The van der Waals surface area contributed by atoms with Crippen LogP contribution in [0.25, 0.3) is 5.76 Å². The highest BCUT2D eigenvalue weighted by Gasteiger charge is 2.49. The molecule has 156 valence electrons. The lowest BCUT2D eigenvalue weighted by Crippen LogP contribution is -2.37. The average molecular weight is 426 g/mol. The van der Waals surface area contributed by atoms with Crippen LogP contribution in [0.3, 0.4) is 0 Å². The van der Waals surface area contributed by atoms with Crippen LogP contribution in [0.2, 0.25) is 5.02 Å². The first kappa shape index (κ1) is 20.5. The van der Waals surface area contributed by atoms with Crippen molar-refractivity contribution in [1.82, 2.24) is 4.90 Å². The fourth-order valence-electron chi connectivity index (χ4n) is 4.57. The Morgan fingerprint density at radius 2 is 1.77 bits per heavy atom.